The Kier molecular flexibility index (Phi) is 8.06. The second-order valence-electron chi connectivity index (χ2n) is 8.23. The van der Waals surface area contributed by atoms with Gasteiger partial charge in [0.15, 0.2) is 0 Å². The summed E-state index contributed by atoms with van der Waals surface area (Å²) >= 11 is 4.70. The zero-order valence-corrected chi connectivity index (χ0v) is 21.6. The number of anilines is 1. The van der Waals surface area contributed by atoms with Crippen LogP contribution in [0.2, 0.25) is 0 Å². The Morgan fingerprint density at radius 2 is 1.77 bits per heavy atom. The van der Waals surface area contributed by atoms with Crippen molar-refractivity contribution in [3.05, 3.63) is 111 Å². The van der Waals surface area contributed by atoms with Crippen molar-refractivity contribution in [3.8, 4) is 6.07 Å². The zero-order valence-electron chi connectivity index (χ0n) is 19.2. The van der Waals surface area contributed by atoms with Crippen molar-refractivity contribution in [2.24, 2.45) is 0 Å². The number of carbonyl (C=O) groups is 2. The maximum Gasteiger partial charge on any atom is 0.264 e. The second kappa shape index (κ2) is 11.4. The number of hydrogen-bond acceptors (Lipinski definition) is 4. The van der Waals surface area contributed by atoms with Crippen molar-refractivity contribution in [2.45, 2.75) is 25.0 Å². The van der Waals surface area contributed by atoms with Gasteiger partial charge in [0.2, 0.25) is 5.91 Å². The first-order valence-electron chi connectivity index (χ1n) is 11.2. The molecular weight excluding hydrogens is 522 g/mol. The highest BCUT2D eigenvalue weighted by molar-refractivity contribution is 9.10. The van der Waals surface area contributed by atoms with Gasteiger partial charge in [-0.25, -0.2) is 0 Å². The van der Waals surface area contributed by atoms with Crippen molar-refractivity contribution in [3.63, 3.8) is 0 Å². The topological polar surface area (TPSA) is 73.2 Å². The van der Waals surface area contributed by atoms with E-state index in [4.69, 9.17) is 0 Å². The lowest BCUT2D eigenvalue weighted by Crippen LogP contribution is -2.32. The predicted molar refractivity (Wildman–Crippen MR) is 144 cm³/mol. The molecule has 176 valence electrons. The fraction of sp³-hybridized carbons (Fsp3) is 0.179. The molecule has 35 heavy (non-hydrogen) atoms. The molecule has 1 saturated heterocycles. The first kappa shape index (κ1) is 24.8. The average molecular weight is 546 g/mol. The van der Waals surface area contributed by atoms with E-state index in [0.717, 1.165) is 21.2 Å². The molecule has 4 rings (SSSR count). The highest BCUT2D eigenvalue weighted by atomic mass is 79.9. The SMILES string of the molecule is Cc1cccc(CC2S/C(=C(/C#N)C(=O)NCCc3ccccc3)N(c3ccc(Br)cc3)C2=O)c1. The van der Waals surface area contributed by atoms with Gasteiger partial charge in [0.1, 0.15) is 16.7 Å². The van der Waals surface area contributed by atoms with Gasteiger partial charge in [-0.2, -0.15) is 5.26 Å². The van der Waals surface area contributed by atoms with Crippen LogP contribution in [0.15, 0.2) is 93.9 Å². The number of nitrogens with one attached hydrogen (secondary N) is 1. The van der Waals surface area contributed by atoms with Crippen molar-refractivity contribution in [1.82, 2.24) is 5.32 Å². The number of hydrogen-bond donors (Lipinski definition) is 1. The first-order valence-corrected chi connectivity index (χ1v) is 12.9. The molecule has 0 radical (unpaired) electrons. The number of rotatable bonds is 7. The van der Waals surface area contributed by atoms with Crippen LogP contribution in [0, 0.1) is 18.3 Å². The number of carbonyl (C=O) groups excluding carboxylic acids is 2. The van der Waals surface area contributed by atoms with Crippen LogP contribution in [0.5, 0.6) is 0 Å². The number of nitrogens with zero attached hydrogens (tertiary/aromatic N) is 2. The van der Waals surface area contributed by atoms with Crippen LogP contribution in [0.25, 0.3) is 0 Å². The summed E-state index contributed by atoms with van der Waals surface area (Å²) in [6.07, 6.45) is 1.16. The largest absolute Gasteiger partial charge is 0.351 e. The number of thioether (sulfide) groups is 1. The lowest BCUT2D eigenvalue weighted by molar-refractivity contribution is -0.117. The summed E-state index contributed by atoms with van der Waals surface area (Å²) in [6.45, 7) is 2.41. The highest BCUT2D eigenvalue weighted by Crippen LogP contribution is 2.42. The number of benzene rings is 3. The Bertz CT molecular complexity index is 1300. The van der Waals surface area contributed by atoms with Crippen molar-refractivity contribution < 1.29 is 9.59 Å². The van der Waals surface area contributed by atoms with Crippen molar-refractivity contribution in [2.75, 3.05) is 11.4 Å². The molecule has 0 bridgehead atoms. The maximum atomic E-state index is 13.6. The normalized spacial score (nSPS) is 16.7. The van der Waals surface area contributed by atoms with E-state index < -0.39 is 11.2 Å². The minimum absolute atomic E-state index is 0.0499. The lowest BCUT2D eigenvalue weighted by atomic mass is 10.1. The van der Waals surface area contributed by atoms with Crippen LogP contribution in [0.3, 0.4) is 0 Å². The minimum atomic E-state index is -0.475. The Morgan fingerprint density at radius 3 is 2.46 bits per heavy atom. The molecule has 1 atom stereocenters. The molecule has 1 heterocycles. The minimum Gasteiger partial charge on any atom is -0.351 e. The highest BCUT2D eigenvalue weighted by Gasteiger charge is 2.40. The van der Waals surface area contributed by atoms with Gasteiger partial charge >= 0.3 is 0 Å². The second-order valence-corrected chi connectivity index (χ2v) is 10.3. The van der Waals surface area contributed by atoms with Gasteiger partial charge in [0.05, 0.1) is 5.25 Å². The summed E-state index contributed by atoms with van der Waals surface area (Å²) in [5.41, 5.74) is 3.83. The van der Waals surface area contributed by atoms with E-state index in [-0.39, 0.29) is 11.5 Å². The fourth-order valence-electron chi connectivity index (χ4n) is 3.92. The van der Waals surface area contributed by atoms with E-state index in [0.29, 0.717) is 30.1 Å². The Morgan fingerprint density at radius 1 is 1.06 bits per heavy atom. The number of aryl methyl sites for hydroxylation is 1. The molecule has 0 saturated carbocycles. The zero-order chi connectivity index (χ0) is 24.8. The van der Waals surface area contributed by atoms with Gasteiger partial charge < -0.3 is 5.32 Å². The molecule has 3 aromatic rings. The van der Waals surface area contributed by atoms with Crippen LogP contribution >= 0.6 is 27.7 Å². The molecule has 1 fully saturated rings. The van der Waals surface area contributed by atoms with E-state index >= 15 is 0 Å². The van der Waals surface area contributed by atoms with Gasteiger partial charge in [-0.3, -0.25) is 14.5 Å². The number of nitriles is 1. The molecule has 0 spiro atoms. The van der Waals surface area contributed by atoms with Crippen LogP contribution in [0.1, 0.15) is 16.7 Å². The summed E-state index contributed by atoms with van der Waals surface area (Å²) in [7, 11) is 0. The monoisotopic (exact) mass is 545 g/mol. The molecule has 1 aliphatic rings. The number of halogens is 1. The van der Waals surface area contributed by atoms with E-state index in [1.165, 1.54) is 16.7 Å². The summed E-state index contributed by atoms with van der Waals surface area (Å²) < 4.78 is 0.876. The number of amides is 2. The van der Waals surface area contributed by atoms with E-state index in [9.17, 15) is 14.9 Å². The Balaban J connectivity index is 1.62. The third-order valence-electron chi connectivity index (χ3n) is 5.64. The summed E-state index contributed by atoms with van der Waals surface area (Å²) in [4.78, 5) is 28.1. The molecule has 0 aromatic heterocycles. The third kappa shape index (κ3) is 6.02. The van der Waals surface area contributed by atoms with Crippen LogP contribution in [-0.2, 0) is 22.4 Å². The van der Waals surface area contributed by atoms with E-state index in [2.05, 4.69) is 33.4 Å². The molecule has 1 N–H and O–H groups in total. The average Bonchev–Trinajstić information content (AvgIpc) is 3.16. The standard InChI is InChI=1S/C28H24BrN3O2S/c1-19-6-5-9-21(16-19)17-25-27(34)32(23-12-10-22(29)11-13-23)28(35-25)24(18-30)26(33)31-15-14-20-7-3-2-4-8-20/h2-13,16,25H,14-15,17H2,1H3,(H,31,33)/b28-24-. The van der Waals surface area contributed by atoms with Crippen molar-refractivity contribution in [1.29, 1.82) is 5.26 Å². The smallest absolute Gasteiger partial charge is 0.264 e. The fourth-order valence-corrected chi connectivity index (χ4v) is 5.49. The molecule has 2 amide bonds. The van der Waals surface area contributed by atoms with E-state index in [1.54, 1.807) is 12.1 Å². The molecule has 1 aliphatic heterocycles. The molecule has 3 aromatic carbocycles. The van der Waals surface area contributed by atoms with Gasteiger partial charge in [-0.15, -0.1) is 0 Å². The quantitative estimate of drug-likeness (QED) is 0.312. The molecular formula is C28H24BrN3O2S. The van der Waals surface area contributed by atoms with E-state index in [1.807, 2.05) is 67.6 Å². The van der Waals surface area contributed by atoms with Crippen LogP contribution in [0.4, 0.5) is 5.69 Å². The molecule has 5 nitrogen and oxygen atoms in total. The maximum absolute atomic E-state index is 13.6. The predicted octanol–water partition coefficient (Wildman–Crippen LogP) is 5.54. The summed E-state index contributed by atoms with van der Waals surface area (Å²) in [5, 5.41) is 12.7. The Hall–Kier alpha value is -3.34. The summed E-state index contributed by atoms with van der Waals surface area (Å²) in [6, 6.07) is 27.2. The third-order valence-corrected chi connectivity index (χ3v) is 7.43. The summed E-state index contributed by atoms with van der Waals surface area (Å²) in [5.74, 6) is -0.615. The van der Waals surface area contributed by atoms with Crippen LogP contribution in [-0.4, -0.2) is 23.6 Å². The lowest BCUT2D eigenvalue weighted by Gasteiger charge is -2.19. The molecule has 0 aliphatic carbocycles. The molecule has 7 heteroatoms. The molecule has 1 unspecified atom stereocenters. The van der Waals surface area contributed by atoms with Gasteiger partial charge in [-0.05, 0) is 55.2 Å². The van der Waals surface area contributed by atoms with Crippen LogP contribution < -0.4 is 10.2 Å². The van der Waals surface area contributed by atoms with Crippen molar-refractivity contribution >= 4 is 45.2 Å². The van der Waals surface area contributed by atoms with Gasteiger partial charge in [0, 0.05) is 16.7 Å². The van der Waals surface area contributed by atoms with Gasteiger partial charge in [-0.1, -0.05) is 87.9 Å². The Labute approximate surface area is 218 Å². The van der Waals surface area contributed by atoms with Gasteiger partial charge in [0.25, 0.3) is 5.91 Å². The first-order chi connectivity index (χ1) is 17.0.